The van der Waals surface area contributed by atoms with Gasteiger partial charge in [-0.2, -0.15) is 0 Å². The van der Waals surface area contributed by atoms with E-state index in [4.69, 9.17) is 4.74 Å². The summed E-state index contributed by atoms with van der Waals surface area (Å²) in [7, 11) is 0. The molecule has 2 unspecified atom stereocenters. The number of hydrogen-bond donors (Lipinski definition) is 1. The largest absolute Gasteiger partial charge is 0.368 e. The number of nitrogens with one attached hydrogen (secondary N) is 1. The molecule has 134 valence electrons. The topological polar surface area (TPSA) is 51.2 Å². The lowest BCUT2D eigenvalue weighted by Gasteiger charge is -2.28. The average Bonchev–Trinajstić information content (AvgIpc) is 3.05. The van der Waals surface area contributed by atoms with Crippen LogP contribution in [0.3, 0.4) is 0 Å². The van der Waals surface area contributed by atoms with E-state index in [1.807, 2.05) is 0 Å². The van der Waals surface area contributed by atoms with Crippen LogP contribution in [0.25, 0.3) is 11.3 Å². The van der Waals surface area contributed by atoms with E-state index in [2.05, 4.69) is 17.2 Å². The van der Waals surface area contributed by atoms with Crippen molar-refractivity contribution in [2.45, 2.75) is 38.7 Å². The fraction of sp³-hybridized carbons (Fsp3) is 0.444. The molecule has 1 aromatic heterocycles. The highest BCUT2D eigenvalue weighted by molar-refractivity contribution is 7.14. The molecule has 25 heavy (non-hydrogen) atoms. The molecule has 1 aromatic carbocycles. The molecule has 1 saturated carbocycles. The van der Waals surface area contributed by atoms with Crippen LogP contribution in [-0.4, -0.2) is 23.6 Å². The van der Waals surface area contributed by atoms with Crippen LogP contribution in [0.4, 0.5) is 13.9 Å². The van der Waals surface area contributed by atoms with Crippen molar-refractivity contribution in [3.05, 3.63) is 35.2 Å². The van der Waals surface area contributed by atoms with Gasteiger partial charge in [-0.3, -0.25) is 10.1 Å². The Morgan fingerprint density at radius 1 is 1.32 bits per heavy atom. The molecule has 0 aliphatic heterocycles. The molecular weight excluding hydrogens is 346 g/mol. The Balaban J connectivity index is 1.55. The van der Waals surface area contributed by atoms with E-state index < -0.39 is 11.6 Å². The summed E-state index contributed by atoms with van der Waals surface area (Å²) in [4.78, 5) is 16.3. The lowest BCUT2D eigenvalue weighted by atomic mass is 9.88. The van der Waals surface area contributed by atoms with Crippen LogP contribution in [0.5, 0.6) is 0 Å². The molecule has 1 N–H and O–H groups in total. The third kappa shape index (κ3) is 4.61. The first-order valence-corrected chi connectivity index (χ1v) is 9.23. The molecule has 3 rings (SSSR count). The fourth-order valence-electron chi connectivity index (χ4n) is 2.99. The third-order valence-electron chi connectivity index (χ3n) is 4.43. The molecule has 1 aliphatic rings. The summed E-state index contributed by atoms with van der Waals surface area (Å²) in [6.07, 6.45) is 4.62. The minimum absolute atomic E-state index is 0.00486. The second kappa shape index (κ2) is 8.01. The normalized spacial score (nSPS) is 20.4. The molecule has 4 nitrogen and oxygen atoms in total. The third-order valence-corrected chi connectivity index (χ3v) is 5.18. The van der Waals surface area contributed by atoms with Gasteiger partial charge in [0.2, 0.25) is 0 Å². The highest BCUT2D eigenvalue weighted by Gasteiger charge is 2.22. The molecule has 1 amide bonds. The number of amides is 1. The van der Waals surface area contributed by atoms with Gasteiger partial charge in [0.1, 0.15) is 6.61 Å². The summed E-state index contributed by atoms with van der Waals surface area (Å²) in [5.74, 6) is -1.61. The number of rotatable bonds is 5. The van der Waals surface area contributed by atoms with Crippen LogP contribution in [0.2, 0.25) is 0 Å². The molecule has 2 atom stereocenters. The monoisotopic (exact) mass is 366 g/mol. The summed E-state index contributed by atoms with van der Waals surface area (Å²) in [5.41, 5.74) is 0.948. The number of aromatic nitrogens is 1. The Labute approximate surface area is 149 Å². The number of carbonyl (C=O) groups excluding carboxylic acids is 1. The van der Waals surface area contributed by atoms with Crippen LogP contribution >= 0.6 is 11.3 Å². The van der Waals surface area contributed by atoms with Crippen molar-refractivity contribution >= 4 is 22.4 Å². The van der Waals surface area contributed by atoms with E-state index in [1.54, 1.807) is 5.38 Å². The van der Waals surface area contributed by atoms with Crippen molar-refractivity contribution in [1.29, 1.82) is 0 Å². The van der Waals surface area contributed by atoms with Crippen LogP contribution in [0.1, 0.15) is 32.6 Å². The zero-order valence-electron chi connectivity index (χ0n) is 13.9. The lowest BCUT2D eigenvalue weighted by Crippen LogP contribution is -2.29. The Kier molecular flexibility index (Phi) is 5.75. The van der Waals surface area contributed by atoms with Crippen molar-refractivity contribution < 1.29 is 18.3 Å². The van der Waals surface area contributed by atoms with Crippen LogP contribution < -0.4 is 5.32 Å². The predicted octanol–water partition coefficient (Wildman–Crippen LogP) is 4.62. The van der Waals surface area contributed by atoms with Crippen molar-refractivity contribution in [3.63, 3.8) is 0 Å². The van der Waals surface area contributed by atoms with Gasteiger partial charge in [-0.1, -0.05) is 19.8 Å². The van der Waals surface area contributed by atoms with Crippen LogP contribution in [0.15, 0.2) is 23.6 Å². The lowest BCUT2D eigenvalue weighted by molar-refractivity contribution is -0.124. The first-order chi connectivity index (χ1) is 12.0. The average molecular weight is 366 g/mol. The fourth-order valence-corrected chi connectivity index (χ4v) is 3.72. The SMILES string of the molecule is CC1CCCCC1OCC(=O)Nc1nc(-c2ccc(F)c(F)c2)cs1. The minimum Gasteiger partial charge on any atom is -0.368 e. The molecule has 0 saturated heterocycles. The summed E-state index contributed by atoms with van der Waals surface area (Å²) < 4.78 is 32.0. The highest BCUT2D eigenvalue weighted by Crippen LogP contribution is 2.27. The number of ether oxygens (including phenoxy) is 1. The molecule has 2 aromatic rings. The van der Waals surface area contributed by atoms with Crippen molar-refractivity contribution in [2.75, 3.05) is 11.9 Å². The Hall–Kier alpha value is -1.86. The van der Waals surface area contributed by atoms with Gasteiger partial charge in [-0.25, -0.2) is 13.8 Å². The van der Waals surface area contributed by atoms with E-state index in [1.165, 1.54) is 23.8 Å². The molecule has 1 fully saturated rings. The number of carbonyl (C=O) groups is 1. The molecule has 0 radical (unpaired) electrons. The van der Waals surface area contributed by atoms with E-state index in [9.17, 15) is 13.6 Å². The summed E-state index contributed by atoms with van der Waals surface area (Å²) in [5, 5.41) is 4.78. The van der Waals surface area contributed by atoms with E-state index in [-0.39, 0.29) is 18.6 Å². The van der Waals surface area contributed by atoms with E-state index >= 15 is 0 Å². The number of hydrogen-bond acceptors (Lipinski definition) is 4. The number of thiazole rings is 1. The second-order valence-electron chi connectivity index (χ2n) is 6.33. The van der Waals surface area contributed by atoms with Crippen LogP contribution in [-0.2, 0) is 9.53 Å². The van der Waals surface area contributed by atoms with Gasteiger partial charge in [-0.15, -0.1) is 11.3 Å². The number of halogens is 2. The maximum Gasteiger partial charge on any atom is 0.252 e. The van der Waals surface area contributed by atoms with Crippen molar-refractivity contribution in [1.82, 2.24) is 4.98 Å². The van der Waals surface area contributed by atoms with E-state index in [0.29, 0.717) is 22.3 Å². The van der Waals surface area contributed by atoms with Gasteiger partial charge in [0.15, 0.2) is 16.8 Å². The quantitative estimate of drug-likeness (QED) is 0.840. The Bertz CT molecular complexity index is 750. The van der Waals surface area contributed by atoms with Crippen LogP contribution in [0, 0.1) is 17.6 Å². The van der Waals surface area contributed by atoms with E-state index in [0.717, 1.165) is 31.4 Å². The smallest absolute Gasteiger partial charge is 0.252 e. The number of nitrogens with zero attached hydrogens (tertiary/aromatic N) is 1. The highest BCUT2D eigenvalue weighted by atomic mass is 32.1. The van der Waals surface area contributed by atoms with Gasteiger partial charge >= 0.3 is 0 Å². The van der Waals surface area contributed by atoms with Gasteiger partial charge in [0.25, 0.3) is 5.91 Å². The molecule has 1 heterocycles. The first-order valence-electron chi connectivity index (χ1n) is 8.35. The second-order valence-corrected chi connectivity index (χ2v) is 7.18. The molecular formula is C18H20F2N2O2S. The Morgan fingerprint density at radius 3 is 2.88 bits per heavy atom. The number of anilines is 1. The summed E-state index contributed by atoms with van der Waals surface area (Å²) >= 11 is 1.23. The minimum atomic E-state index is -0.925. The summed E-state index contributed by atoms with van der Waals surface area (Å²) in [6.45, 7) is 2.14. The molecule has 0 spiro atoms. The molecule has 0 bridgehead atoms. The standard InChI is InChI=1S/C18H20F2N2O2S/c1-11-4-2-3-5-16(11)24-9-17(23)22-18-21-15(10-25-18)12-6-7-13(19)14(20)8-12/h6-8,10-11,16H,2-5,9H2,1H3,(H,21,22,23). The van der Waals surface area contributed by atoms with Crippen molar-refractivity contribution in [3.8, 4) is 11.3 Å². The van der Waals surface area contributed by atoms with Gasteiger partial charge in [0.05, 0.1) is 11.8 Å². The maximum atomic E-state index is 13.3. The van der Waals surface area contributed by atoms with Gasteiger partial charge in [0, 0.05) is 10.9 Å². The molecule has 1 aliphatic carbocycles. The predicted molar refractivity (Wildman–Crippen MR) is 93.5 cm³/mol. The zero-order chi connectivity index (χ0) is 17.8. The first kappa shape index (κ1) is 17.9. The summed E-state index contributed by atoms with van der Waals surface area (Å²) in [6, 6.07) is 3.59. The Morgan fingerprint density at radius 2 is 2.12 bits per heavy atom. The zero-order valence-corrected chi connectivity index (χ0v) is 14.7. The maximum absolute atomic E-state index is 13.3. The van der Waals surface area contributed by atoms with Gasteiger partial charge < -0.3 is 4.74 Å². The van der Waals surface area contributed by atoms with Crippen molar-refractivity contribution in [2.24, 2.45) is 5.92 Å². The number of benzene rings is 1. The molecule has 7 heteroatoms. The van der Waals surface area contributed by atoms with Gasteiger partial charge in [-0.05, 0) is 37.0 Å².